The number of hydrogen-bond donors (Lipinski definition) is 2. The van der Waals surface area contributed by atoms with Gasteiger partial charge >= 0.3 is 6.18 Å². The molecule has 0 fully saturated rings. The average Bonchev–Trinajstić information content (AvgIpc) is 3.34. The van der Waals surface area contributed by atoms with Crippen LogP contribution in [0.3, 0.4) is 0 Å². The predicted octanol–water partition coefficient (Wildman–Crippen LogP) is 3.36. The molecule has 2 heterocycles. The van der Waals surface area contributed by atoms with Gasteiger partial charge in [-0.3, -0.25) is 9.89 Å². The lowest BCUT2D eigenvalue weighted by Gasteiger charge is -2.15. The van der Waals surface area contributed by atoms with E-state index in [9.17, 15) is 18.0 Å². The number of aryl methyl sites for hydroxylation is 1. The summed E-state index contributed by atoms with van der Waals surface area (Å²) in [5.41, 5.74) is 0.918. The Balaban J connectivity index is 1.57. The zero-order valence-corrected chi connectivity index (χ0v) is 15.9. The molecule has 0 aliphatic heterocycles. The Morgan fingerprint density at radius 2 is 1.87 bits per heavy atom. The van der Waals surface area contributed by atoms with E-state index in [1.54, 1.807) is 5.10 Å². The Morgan fingerprint density at radius 1 is 1.13 bits per heavy atom. The summed E-state index contributed by atoms with van der Waals surface area (Å²) in [4.78, 5) is 20.0. The van der Waals surface area contributed by atoms with Gasteiger partial charge in [-0.2, -0.15) is 22.8 Å². The molecule has 0 aliphatic rings. The number of aromatic nitrogens is 6. The molecule has 8 nitrogen and oxygen atoms in total. The van der Waals surface area contributed by atoms with E-state index in [-0.39, 0.29) is 23.6 Å². The zero-order valence-electron chi connectivity index (χ0n) is 15.9. The number of nitrogens with one attached hydrogen (secondary N) is 2. The molecular weight excluding hydrogens is 399 g/mol. The topological polar surface area (TPSA) is 101 Å². The summed E-state index contributed by atoms with van der Waals surface area (Å²) < 4.78 is 39.1. The Morgan fingerprint density at radius 3 is 2.60 bits per heavy atom. The first kappa shape index (κ1) is 19.6. The van der Waals surface area contributed by atoms with Crippen LogP contribution in [-0.4, -0.2) is 35.9 Å². The Kier molecular flexibility index (Phi) is 4.72. The molecule has 1 atom stereocenters. The summed E-state index contributed by atoms with van der Waals surface area (Å²) >= 11 is 0. The molecule has 2 aromatic heterocycles. The number of aromatic amines is 1. The summed E-state index contributed by atoms with van der Waals surface area (Å²) in [7, 11) is 0. The van der Waals surface area contributed by atoms with Crippen LogP contribution in [0.1, 0.15) is 40.8 Å². The summed E-state index contributed by atoms with van der Waals surface area (Å²) in [6.07, 6.45) is -4.67. The highest BCUT2D eigenvalue weighted by Gasteiger charge is 2.35. The first-order valence-electron chi connectivity index (χ1n) is 8.96. The number of fused-ring (bicyclic) bond motifs is 1. The van der Waals surface area contributed by atoms with Gasteiger partial charge in [-0.15, -0.1) is 10.2 Å². The van der Waals surface area contributed by atoms with Crippen molar-refractivity contribution in [2.24, 2.45) is 0 Å². The highest BCUT2D eigenvalue weighted by atomic mass is 19.4. The zero-order chi connectivity index (χ0) is 21.5. The van der Waals surface area contributed by atoms with Crippen LogP contribution in [0.5, 0.6) is 0 Å². The Labute approximate surface area is 168 Å². The molecule has 1 unspecified atom stereocenters. The SMILES string of the molecule is Cc1nc(C(=O)NC(C)c2cccc3ccccc23)nn1-c1n[nH]c(C(F)(F)F)n1. The van der Waals surface area contributed by atoms with Gasteiger partial charge in [0.15, 0.2) is 0 Å². The van der Waals surface area contributed by atoms with Crippen LogP contribution < -0.4 is 5.32 Å². The van der Waals surface area contributed by atoms with Gasteiger partial charge < -0.3 is 5.32 Å². The maximum Gasteiger partial charge on any atom is 0.451 e. The van der Waals surface area contributed by atoms with E-state index in [2.05, 4.69) is 25.5 Å². The predicted molar refractivity (Wildman–Crippen MR) is 101 cm³/mol. The van der Waals surface area contributed by atoms with E-state index in [0.29, 0.717) is 0 Å². The standard InChI is InChI=1S/C19H16F3N7O/c1-10(13-9-5-7-12-6-3-4-8-14(12)13)23-16(30)15-24-11(2)29(28-15)18-25-17(26-27-18)19(20,21)22/h3-10H,1-2H3,(H,23,30)(H,25,26,27). The van der Waals surface area contributed by atoms with Crippen molar-refractivity contribution in [3.05, 3.63) is 65.5 Å². The molecule has 0 radical (unpaired) electrons. The lowest BCUT2D eigenvalue weighted by Crippen LogP contribution is -2.28. The normalized spacial score (nSPS) is 12.8. The summed E-state index contributed by atoms with van der Waals surface area (Å²) in [6, 6.07) is 13.2. The van der Waals surface area contributed by atoms with E-state index < -0.39 is 17.9 Å². The third-order valence-corrected chi connectivity index (χ3v) is 4.54. The molecule has 0 aliphatic carbocycles. The molecule has 0 saturated carbocycles. The third-order valence-electron chi connectivity index (χ3n) is 4.54. The fraction of sp³-hybridized carbons (Fsp3) is 0.211. The lowest BCUT2D eigenvalue weighted by atomic mass is 10.00. The number of H-pyrrole nitrogens is 1. The van der Waals surface area contributed by atoms with Gasteiger partial charge in [0, 0.05) is 0 Å². The number of halogens is 3. The molecule has 0 spiro atoms. The minimum Gasteiger partial charge on any atom is -0.343 e. The molecule has 2 N–H and O–H groups in total. The van der Waals surface area contributed by atoms with E-state index >= 15 is 0 Å². The number of carbonyl (C=O) groups excluding carboxylic acids is 1. The van der Waals surface area contributed by atoms with Crippen molar-refractivity contribution in [3.63, 3.8) is 0 Å². The van der Waals surface area contributed by atoms with Crippen LogP contribution in [-0.2, 0) is 6.18 Å². The van der Waals surface area contributed by atoms with Crippen LogP contribution in [0.15, 0.2) is 42.5 Å². The highest BCUT2D eigenvalue weighted by molar-refractivity contribution is 5.92. The number of alkyl halides is 3. The molecular formula is C19H16F3N7O. The minimum absolute atomic E-state index is 0.172. The van der Waals surface area contributed by atoms with Crippen LogP contribution in [0.25, 0.3) is 16.7 Å². The fourth-order valence-electron chi connectivity index (χ4n) is 3.12. The van der Waals surface area contributed by atoms with Gasteiger partial charge in [0.1, 0.15) is 5.82 Å². The van der Waals surface area contributed by atoms with E-state index in [0.717, 1.165) is 21.0 Å². The van der Waals surface area contributed by atoms with E-state index in [4.69, 9.17) is 0 Å². The third kappa shape index (κ3) is 3.61. The van der Waals surface area contributed by atoms with Gasteiger partial charge in [-0.05, 0) is 30.2 Å². The summed E-state index contributed by atoms with van der Waals surface area (Å²) in [5, 5.41) is 14.1. The monoisotopic (exact) mass is 415 g/mol. The highest BCUT2D eigenvalue weighted by Crippen LogP contribution is 2.26. The second-order valence-electron chi connectivity index (χ2n) is 6.64. The van der Waals surface area contributed by atoms with E-state index in [1.807, 2.05) is 49.4 Å². The van der Waals surface area contributed by atoms with Gasteiger partial charge in [0.25, 0.3) is 11.9 Å². The second-order valence-corrected chi connectivity index (χ2v) is 6.64. The molecule has 1 amide bonds. The van der Waals surface area contributed by atoms with Crippen molar-refractivity contribution in [3.8, 4) is 5.95 Å². The smallest absolute Gasteiger partial charge is 0.343 e. The molecule has 0 saturated heterocycles. The Bertz CT molecular complexity index is 1220. The summed E-state index contributed by atoms with van der Waals surface area (Å²) in [5.74, 6) is -2.20. The van der Waals surface area contributed by atoms with Crippen LogP contribution >= 0.6 is 0 Å². The molecule has 30 heavy (non-hydrogen) atoms. The van der Waals surface area contributed by atoms with Crippen molar-refractivity contribution in [1.82, 2.24) is 35.3 Å². The van der Waals surface area contributed by atoms with Crippen LogP contribution in [0.2, 0.25) is 0 Å². The van der Waals surface area contributed by atoms with E-state index in [1.165, 1.54) is 6.92 Å². The van der Waals surface area contributed by atoms with Crippen LogP contribution in [0.4, 0.5) is 13.2 Å². The largest absolute Gasteiger partial charge is 0.451 e. The van der Waals surface area contributed by atoms with Gasteiger partial charge in [0.05, 0.1) is 6.04 Å². The molecule has 4 aromatic rings. The van der Waals surface area contributed by atoms with Crippen LogP contribution in [0, 0.1) is 6.92 Å². The number of carbonyl (C=O) groups is 1. The van der Waals surface area contributed by atoms with Gasteiger partial charge in [-0.1, -0.05) is 42.5 Å². The maximum atomic E-state index is 12.7. The Hall–Kier alpha value is -3.76. The maximum absolute atomic E-state index is 12.7. The first-order valence-corrected chi connectivity index (χ1v) is 8.96. The second kappa shape index (κ2) is 7.25. The lowest BCUT2D eigenvalue weighted by molar-refractivity contribution is -0.144. The number of benzene rings is 2. The first-order chi connectivity index (χ1) is 14.2. The van der Waals surface area contributed by atoms with Gasteiger partial charge in [-0.25, -0.2) is 4.98 Å². The molecule has 4 rings (SSSR count). The number of rotatable bonds is 4. The number of hydrogen-bond acceptors (Lipinski definition) is 5. The number of nitrogens with zero attached hydrogens (tertiary/aromatic N) is 5. The van der Waals surface area contributed by atoms with Crippen molar-refractivity contribution >= 4 is 16.7 Å². The average molecular weight is 415 g/mol. The molecule has 0 bridgehead atoms. The summed E-state index contributed by atoms with van der Waals surface area (Å²) in [6.45, 7) is 3.32. The number of amides is 1. The molecule has 11 heteroatoms. The van der Waals surface area contributed by atoms with Crippen molar-refractivity contribution in [2.45, 2.75) is 26.1 Å². The molecule has 2 aromatic carbocycles. The van der Waals surface area contributed by atoms with Crippen molar-refractivity contribution < 1.29 is 18.0 Å². The van der Waals surface area contributed by atoms with Crippen molar-refractivity contribution in [2.75, 3.05) is 0 Å². The quantitative estimate of drug-likeness (QED) is 0.532. The molecule has 154 valence electrons. The minimum atomic E-state index is -4.67. The fourth-order valence-corrected chi connectivity index (χ4v) is 3.12. The van der Waals surface area contributed by atoms with Crippen molar-refractivity contribution in [1.29, 1.82) is 0 Å². The van der Waals surface area contributed by atoms with Gasteiger partial charge in [0.2, 0.25) is 11.6 Å².